The Hall–Kier alpha value is 0.505. The monoisotopic (exact) mass is 229 g/mol. The Bertz CT molecular complexity index is 135. The van der Waals surface area contributed by atoms with Crippen molar-refractivity contribution in [1.82, 2.24) is 0 Å². The van der Waals surface area contributed by atoms with E-state index in [2.05, 4.69) is 33.9 Å². The summed E-state index contributed by atoms with van der Waals surface area (Å²) in [5.41, 5.74) is 0. The summed E-state index contributed by atoms with van der Waals surface area (Å²) in [5, 5.41) is 2.74. The summed E-state index contributed by atoms with van der Waals surface area (Å²) < 4.78 is 0. The zero-order valence-electron chi connectivity index (χ0n) is 9.66. The SMILES string of the molecule is C=CSC(CCCSC)C([B]C)CC. The van der Waals surface area contributed by atoms with E-state index in [4.69, 9.17) is 0 Å². The lowest BCUT2D eigenvalue weighted by molar-refractivity contribution is 0.672. The molecule has 2 atom stereocenters. The zero-order valence-corrected chi connectivity index (χ0v) is 11.3. The van der Waals surface area contributed by atoms with Gasteiger partial charge in [-0.3, -0.25) is 0 Å². The summed E-state index contributed by atoms with van der Waals surface area (Å²) >= 11 is 3.85. The van der Waals surface area contributed by atoms with Crippen molar-refractivity contribution in [3.63, 3.8) is 0 Å². The van der Waals surface area contributed by atoms with Crippen molar-refractivity contribution in [3.8, 4) is 0 Å². The smallest absolute Gasteiger partial charge is 0.111 e. The minimum Gasteiger partial charge on any atom is -0.165 e. The molecule has 3 heteroatoms. The molecule has 0 heterocycles. The second-order valence-corrected chi connectivity index (χ2v) is 5.58. The van der Waals surface area contributed by atoms with E-state index in [0.717, 1.165) is 11.1 Å². The number of hydrogen-bond donors (Lipinski definition) is 0. The average molecular weight is 229 g/mol. The van der Waals surface area contributed by atoms with Gasteiger partial charge >= 0.3 is 0 Å². The highest BCUT2D eigenvalue weighted by molar-refractivity contribution is 8.02. The molecule has 0 aliphatic carbocycles. The van der Waals surface area contributed by atoms with Gasteiger partial charge in [0.15, 0.2) is 0 Å². The van der Waals surface area contributed by atoms with Crippen molar-refractivity contribution in [2.75, 3.05) is 12.0 Å². The van der Waals surface area contributed by atoms with Crippen LogP contribution in [0.4, 0.5) is 0 Å². The minimum atomic E-state index is 0.745. The Labute approximate surface area is 98.9 Å². The van der Waals surface area contributed by atoms with Crippen LogP contribution in [0, 0.1) is 0 Å². The Kier molecular flexibility index (Phi) is 10.4. The fraction of sp³-hybridized carbons (Fsp3) is 0.818. The first-order valence-electron chi connectivity index (χ1n) is 5.34. The van der Waals surface area contributed by atoms with E-state index in [1.807, 2.05) is 28.9 Å². The average Bonchev–Trinajstić information content (AvgIpc) is 2.20. The molecule has 0 N–H and O–H groups in total. The molecule has 0 fully saturated rings. The van der Waals surface area contributed by atoms with Crippen LogP contribution >= 0.6 is 23.5 Å². The van der Waals surface area contributed by atoms with Gasteiger partial charge in [-0.15, -0.1) is 11.8 Å². The van der Waals surface area contributed by atoms with Gasteiger partial charge in [0.1, 0.15) is 7.28 Å². The highest BCUT2D eigenvalue weighted by Crippen LogP contribution is 2.31. The molecule has 0 saturated carbocycles. The van der Waals surface area contributed by atoms with Crippen molar-refractivity contribution < 1.29 is 0 Å². The molecule has 0 aliphatic rings. The Balaban J connectivity index is 3.91. The Morgan fingerprint density at radius 1 is 1.50 bits per heavy atom. The third kappa shape index (κ3) is 6.08. The van der Waals surface area contributed by atoms with Crippen LogP contribution in [0.25, 0.3) is 0 Å². The van der Waals surface area contributed by atoms with Gasteiger partial charge in [-0.1, -0.05) is 32.6 Å². The summed E-state index contributed by atoms with van der Waals surface area (Å²) in [6, 6.07) is 0. The molecule has 0 rings (SSSR count). The third-order valence-corrected chi connectivity index (χ3v) is 4.31. The van der Waals surface area contributed by atoms with Gasteiger partial charge in [0.25, 0.3) is 0 Å². The van der Waals surface area contributed by atoms with E-state index < -0.39 is 0 Å². The maximum absolute atomic E-state index is 3.82. The fourth-order valence-electron chi connectivity index (χ4n) is 1.65. The normalized spacial score (nSPS) is 14.8. The minimum absolute atomic E-state index is 0.745. The molecule has 2 unspecified atom stereocenters. The molecule has 0 aromatic rings. The number of hydrogen-bond acceptors (Lipinski definition) is 2. The molecule has 1 radical (unpaired) electrons. The molecule has 0 aromatic carbocycles. The molecule has 0 spiro atoms. The van der Waals surface area contributed by atoms with Gasteiger partial charge in [0, 0.05) is 5.25 Å². The molecular weight excluding hydrogens is 207 g/mol. The summed E-state index contributed by atoms with van der Waals surface area (Å²) in [6.45, 7) is 8.28. The van der Waals surface area contributed by atoms with Crippen LogP contribution in [-0.2, 0) is 0 Å². The quantitative estimate of drug-likeness (QED) is 0.426. The van der Waals surface area contributed by atoms with Crippen LogP contribution in [0.2, 0.25) is 12.6 Å². The Morgan fingerprint density at radius 2 is 2.21 bits per heavy atom. The van der Waals surface area contributed by atoms with Crippen LogP contribution in [0.3, 0.4) is 0 Å². The van der Waals surface area contributed by atoms with E-state index in [9.17, 15) is 0 Å². The van der Waals surface area contributed by atoms with E-state index in [-0.39, 0.29) is 0 Å². The van der Waals surface area contributed by atoms with E-state index in [1.165, 1.54) is 25.0 Å². The molecule has 0 nitrogen and oxygen atoms in total. The van der Waals surface area contributed by atoms with Gasteiger partial charge < -0.3 is 0 Å². The van der Waals surface area contributed by atoms with Crippen LogP contribution in [0.5, 0.6) is 0 Å². The van der Waals surface area contributed by atoms with E-state index >= 15 is 0 Å². The fourth-order valence-corrected chi connectivity index (χ4v) is 3.21. The van der Waals surface area contributed by atoms with Crippen molar-refractivity contribution in [3.05, 3.63) is 12.0 Å². The van der Waals surface area contributed by atoms with Crippen LogP contribution in [0.15, 0.2) is 12.0 Å². The number of thioether (sulfide) groups is 2. The molecule has 0 bridgehead atoms. The Morgan fingerprint density at radius 3 is 2.64 bits per heavy atom. The highest BCUT2D eigenvalue weighted by atomic mass is 32.2. The lowest BCUT2D eigenvalue weighted by Crippen LogP contribution is -2.15. The van der Waals surface area contributed by atoms with Crippen molar-refractivity contribution >= 4 is 30.8 Å². The summed E-state index contributed by atoms with van der Waals surface area (Å²) in [5.74, 6) is 2.04. The molecule has 0 saturated heterocycles. The lowest BCUT2D eigenvalue weighted by atomic mass is 9.63. The van der Waals surface area contributed by atoms with Crippen LogP contribution in [0.1, 0.15) is 26.2 Å². The molecule has 14 heavy (non-hydrogen) atoms. The standard InChI is InChI=1S/C11H22BS2/c1-5-10(12-3)11(14-6-2)8-7-9-13-4/h6,10-11H,2,5,7-9H2,1,3-4H3. The molecule has 0 amide bonds. The maximum atomic E-state index is 3.82. The molecule has 0 aliphatic heterocycles. The molecule has 81 valence electrons. The first-order chi connectivity index (χ1) is 6.79. The first-order valence-corrected chi connectivity index (χ1v) is 7.68. The summed E-state index contributed by atoms with van der Waals surface area (Å²) in [7, 11) is 2.35. The van der Waals surface area contributed by atoms with Crippen LogP contribution in [-0.4, -0.2) is 24.5 Å². The van der Waals surface area contributed by atoms with Crippen molar-refractivity contribution in [1.29, 1.82) is 0 Å². The predicted molar refractivity (Wildman–Crippen MR) is 74.9 cm³/mol. The van der Waals surface area contributed by atoms with Gasteiger partial charge in [-0.05, 0) is 30.3 Å². The van der Waals surface area contributed by atoms with E-state index in [0.29, 0.717) is 0 Å². The topological polar surface area (TPSA) is 0 Å². The predicted octanol–water partition coefficient (Wildman–Crippen LogP) is 4.33. The zero-order chi connectivity index (χ0) is 10.8. The second-order valence-electron chi connectivity index (χ2n) is 3.38. The van der Waals surface area contributed by atoms with Gasteiger partial charge in [-0.2, -0.15) is 11.8 Å². The largest absolute Gasteiger partial charge is 0.165 e. The molecular formula is C11H22BS2. The van der Waals surface area contributed by atoms with Crippen molar-refractivity contribution in [2.45, 2.75) is 44.1 Å². The highest BCUT2D eigenvalue weighted by Gasteiger charge is 2.17. The summed E-state index contributed by atoms with van der Waals surface area (Å²) in [6.07, 6.45) is 6.08. The lowest BCUT2D eigenvalue weighted by Gasteiger charge is -2.23. The van der Waals surface area contributed by atoms with E-state index in [1.54, 1.807) is 0 Å². The van der Waals surface area contributed by atoms with Gasteiger partial charge in [0.2, 0.25) is 0 Å². The first kappa shape index (κ1) is 14.5. The summed E-state index contributed by atoms with van der Waals surface area (Å²) in [4.78, 5) is 0. The second kappa shape index (κ2) is 10.0. The number of rotatable bonds is 9. The van der Waals surface area contributed by atoms with Gasteiger partial charge in [-0.25, -0.2) is 0 Å². The molecule has 0 aromatic heterocycles. The maximum Gasteiger partial charge on any atom is 0.111 e. The van der Waals surface area contributed by atoms with Gasteiger partial charge in [0.05, 0.1) is 0 Å². The van der Waals surface area contributed by atoms with Crippen molar-refractivity contribution in [2.24, 2.45) is 0 Å². The third-order valence-electron chi connectivity index (χ3n) is 2.49. The van der Waals surface area contributed by atoms with Crippen LogP contribution < -0.4 is 0 Å².